The summed E-state index contributed by atoms with van der Waals surface area (Å²) in [6.45, 7) is 6.57. The molecule has 0 aliphatic carbocycles. The highest BCUT2D eigenvalue weighted by molar-refractivity contribution is 7.90. The number of hydrogen-bond acceptors (Lipinski definition) is 4. The predicted octanol–water partition coefficient (Wildman–Crippen LogP) is 2.32. The number of rotatable bonds is 2. The van der Waals surface area contributed by atoms with Crippen molar-refractivity contribution in [2.75, 3.05) is 13.6 Å². The number of guanidine groups is 1. The highest BCUT2D eigenvalue weighted by Gasteiger charge is 2.34. The van der Waals surface area contributed by atoms with Crippen molar-refractivity contribution in [1.82, 2.24) is 9.73 Å². The van der Waals surface area contributed by atoms with E-state index < -0.39 is 10.0 Å². The molecule has 1 aromatic carbocycles. The second-order valence-electron chi connectivity index (χ2n) is 5.74. The van der Waals surface area contributed by atoms with E-state index in [1.54, 1.807) is 17.1 Å². The molecule has 2 rings (SSSR count). The van der Waals surface area contributed by atoms with Gasteiger partial charge in [-0.2, -0.15) is 5.10 Å². The first-order valence-electron chi connectivity index (χ1n) is 6.74. The van der Waals surface area contributed by atoms with Crippen molar-refractivity contribution < 1.29 is 8.42 Å². The molecule has 0 unspecified atom stereocenters. The van der Waals surface area contributed by atoms with Crippen LogP contribution in [0.4, 0.5) is 0 Å². The lowest BCUT2D eigenvalue weighted by molar-refractivity contribution is 0.378. The van der Waals surface area contributed by atoms with E-state index in [2.05, 4.69) is 14.8 Å². The topological polar surface area (TPSA) is 74.1 Å². The molecular weight excluding hydrogens is 324 g/mol. The van der Waals surface area contributed by atoms with Gasteiger partial charge in [0.2, 0.25) is 5.96 Å². The van der Waals surface area contributed by atoms with Gasteiger partial charge in [0, 0.05) is 23.2 Å². The SMILES string of the molecule is CN=C(NS(=O)(=O)c1cccc(Cl)c1)N1CC(C)(C)C(C)=N1. The molecule has 0 spiro atoms. The Morgan fingerprint density at radius 2 is 2.14 bits per heavy atom. The van der Waals surface area contributed by atoms with Gasteiger partial charge in [-0.3, -0.25) is 4.99 Å². The lowest BCUT2D eigenvalue weighted by Gasteiger charge is -2.22. The van der Waals surface area contributed by atoms with Crippen LogP contribution in [0, 0.1) is 5.41 Å². The van der Waals surface area contributed by atoms with Crippen LogP contribution in [-0.2, 0) is 10.0 Å². The zero-order chi connectivity index (χ0) is 16.5. The first-order valence-corrected chi connectivity index (χ1v) is 8.60. The van der Waals surface area contributed by atoms with Gasteiger partial charge in [0.05, 0.1) is 11.4 Å². The van der Waals surface area contributed by atoms with Gasteiger partial charge in [-0.05, 0) is 25.1 Å². The Hall–Kier alpha value is -1.60. The molecule has 0 bridgehead atoms. The monoisotopic (exact) mass is 342 g/mol. The predicted molar refractivity (Wildman–Crippen MR) is 88.7 cm³/mol. The normalized spacial score (nSPS) is 18.3. The summed E-state index contributed by atoms with van der Waals surface area (Å²) in [6.07, 6.45) is 0. The summed E-state index contributed by atoms with van der Waals surface area (Å²) in [6, 6.07) is 6.07. The van der Waals surface area contributed by atoms with Gasteiger partial charge < -0.3 is 0 Å². The largest absolute Gasteiger partial charge is 0.264 e. The fourth-order valence-corrected chi connectivity index (χ4v) is 3.34. The maximum atomic E-state index is 12.4. The lowest BCUT2D eigenvalue weighted by Crippen LogP contribution is -2.42. The average molecular weight is 343 g/mol. The van der Waals surface area contributed by atoms with E-state index in [-0.39, 0.29) is 16.3 Å². The third-order valence-corrected chi connectivity index (χ3v) is 5.14. The summed E-state index contributed by atoms with van der Waals surface area (Å²) in [5, 5.41) is 6.30. The van der Waals surface area contributed by atoms with Crippen LogP contribution >= 0.6 is 11.6 Å². The van der Waals surface area contributed by atoms with Crippen molar-refractivity contribution in [2.45, 2.75) is 25.7 Å². The van der Waals surface area contributed by atoms with Crippen LogP contribution in [0.2, 0.25) is 5.02 Å². The molecule has 1 heterocycles. The molecule has 0 saturated carbocycles. The third-order valence-electron chi connectivity index (χ3n) is 3.58. The summed E-state index contributed by atoms with van der Waals surface area (Å²) in [5.41, 5.74) is 0.799. The number of hydrogen-bond donors (Lipinski definition) is 1. The highest BCUT2D eigenvalue weighted by atomic mass is 35.5. The maximum Gasteiger partial charge on any atom is 0.264 e. The first-order chi connectivity index (χ1) is 10.2. The van der Waals surface area contributed by atoms with E-state index >= 15 is 0 Å². The third kappa shape index (κ3) is 3.41. The van der Waals surface area contributed by atoms with E-state index in [1.165, 1.54) is 19.2 Å². The molecule has 0 aromatic heterocycles. The van der Waals surface area contributed by atoms with E-state index in [9.17, 15) is 8.42 Å². The Morgan fingerprint density at radius 1 is 1.45 bits per heavy atom. The Bertz CT molecular complexity index is 741. The van der Waals surface area contributed by atoms with Crippen molar-refractivity contribution in [3.8, 4) is 0 Å². The molecule has 0 saturated heterocycles. The van der Waals surface area contributed by atoms with Crippen molar-refractivity contribution in [2.24, 2.45) is 15.5 Å². The molecule has 1 N–H and O–H groups in total. The van der Waals surface area contributed by atoms with Gasteiger partial charge in [0.15, 0.2) is 0 Å². The Labute approximate surface area is 135 Å². The summed E-state index contributed by atoms with van der Waals surface area (Å²) in [7, 11) is -2.24. The van der Waals surface area contributed by atoms with Crippen molar-refractivity contribution in [1.29, 1.82) is 0 Å². The van der Waals surface area contributed by atoms with Crippen LogP contribution in [0.1, 0.15) is 20.8 Å². The molecule has 1 aliphatic rings. The van der Waals surface area contributed by atoms with E-state index in [1.807, 2.05) is 20.8 Å². The van der Waals surface area contributed by atoms with Gasteiger partial charge in [-0.25, -0.2) is 18.1 Å². The zero-order valence-electron chi connectivity index (χ0n) is 13.0. The van der Waals surface area contributed by atoms with Crippen LogP contribution in [0.15, 0.2) is 39.3 Å². The number of nitrogens with one attached hydrogen (secondary N) is 1. The second kappa shape index (κ2) is 5.89. The summed E-state index contributed by atoms with van der Waals surface area (Å²) in [4.78, 5) is 4.10. The quantitative estimate of drug-likeness (QED) is 0.662. The van der Waals surface area contributed by atoms with E-state index in [0.29, 0.717) is 11.6 Å². The molecule has 0 radical (unpaired) electrons. The minimum absolute atomic E-state index is 0.0836. The summed E-state index contributed by atoms with van der Waals surface area (Å²) < 4.78 is 27.3. The van der Waals surface area contributed by atoms with Crippen molar-refractivity contribution in [3.63, 3.8) is 0 Å². The number of aliphatic imine (C=N–C) groups is 1. The average Bonchev–Trinajstić information content (AvgIpc) is 2.70. The number of hydrazone groups is 1. The maximum absolute atomic E-state index is 12.4. The number of halogens is 1. The minimum atomic E-state index is -3.76. The standard InChI is InChI=1S/C14H19ClN4O2S/c1-10-14(2,3)9-19(17-10)13(16-4)18-22(20,21)12-7-5-6-11(15)8-12/h5-8H,9H2,1-4H3,(H,16,18). The minimum Gasteiger partial charge on any atom is -0.254 e. The molecule has 0 amide bonds. The smallest absolute Gasteiger partial charge is 0.254 e. The number of benzene rings is 1. The molecule has 1 aliphatic heterocycles. The Kier molecular flexibility index (Phi) is 4.49. The van der Waals surface area contributed by atoms with Gasteiger partial charge in [0.1, 0.15) is 0 Å². The second-order valence-corrected chi connectivity index (χ2v) is 7.86. The van der Waals surface area contributed by atoms with Gasteiger partial charge in [0.25, 0.3) is 10.0 Å². The summed E-state index contributed by atoms with van der Waals surface area (Å²) >= 11 is 5.85. The van der Waals surface area contributed by atoms with Gasteiger partial charge >= 0.3 is 0 Å². The van der Waals surface area contributed by atoms with Crippen LogP contribution in [0.25, 0.3) is 0 Å². The first kappa shape index (κ1) is 16.8. The van der Waals surface area contributed by atoms with Crippen LogP contribution in [0.5, 0.6) is 0 Å². The molecule has 0 atom stereocenters. The van der Waals surface area contributed by atoms with Crippen LogP contribution in [-0.4, -0.2) is 38.7 Å². The Balaban J connectivity index is 2.25. The lowest BCUT2D eigenvalue weighted by atomic mass is 9.89. The van der Waals surface area contributed by atoms with Crippen LogP contribution in [0.3, 0.4) is 0 Å². The molecule has 120 valence electrons. The molecule has 0 fully saturated rings. The van der Waals surface area contributed by atoms with Crippen molar-refractivity contribution in [3.05, 3.63) is 29.3 Å². The zero-order valence-corrected chi connectivity index (χ0v) is 14.5. The fourth-order valence-electron chi connectivity index (χ4n) is 1.99. The molecular formula is C14H19ClN4O2S. The summed E-state index contributed by atoms with van der Waals surface area (Å²) in [5.74, 6) is 0.185. The molecule has 8 heteroatoms. The van der Waals surface area contributed by atoms with E-state index in [0.717, 1.165) is 5.71 Å². The highest BCUT2D eigenvalue weighted by Crippen LogP contribution is 2.26. The Morgan fingerprint density at radius 3 is 2.64 bits per heavy atom. The number of nitrogens with zero attached hydrogens (tertiary/aromatic N) is 3. The van der Waals surface area contributed by atoms with Gasteiger partial charge in [-0.1, -0.05) is 31.5 Å². The fraction of sp³-hybridized carbons (Fsp3) is 0.429. The van der Waals surface area contributed by atoms with Crippen molar-refractivity contribution >= 4 is 33.3 Å². The number of sulfonamides is 1. The van der Waals surface area contributed by atoms with Gasteiger partial charge in [-0.15, -0.1) is 0 Å². The van der Waals surface area contributed by atoms with Crippen LogP contribution < -0.4 is 4.72 Å². The molecule has 1 aromatic rings. The van der Waals surface area contributed by atoms with E-state index in [4.69, 9.17) is 11.6 Å². The molecule has 6 nitrogen and oxygen atoms in total. The molecule has 22 heavy (non-hydrogen) atoms.